The molecule has 0 saturated carbocycles. The molecule has 0 saturated heterocycles. The zero-order valence-electron chi connectivity index (χ0n) is 12.7. The lowest BCUT2D eigenvalue weighted by Gasteiger charge is -2.19. The first-order valence-electron chi connectivity index (χ1n) is 6.75. The Kier molecular flexibility index (Phi) is 4.41. The Bertz CT molecular complexity index is 731. The first-order valence-corrected chi connectivity index (χ1v) is 7.83. The number of halogens is 1. The highest BCUT2D eigenvalue weighted by Crippen LogP contribution is 2.22. The molecule has 0 aliphatic heterocycles. The molecule has 4 nitrogen and oxygen atoms in total. The maximum atomic E-state index is 12.1. The fourth-order valence-corrected chi connectivity index (χ4v) is 2.83. The second-order valence-electron chi connectivity index (χ2n) is 6.21. The van der Waals surface area contributed by atoms with Crippen molar-refractivity contribution in [3.05, 3.63) is 66.0 Å². The van der Waals surface area contributed by atoms with E-state index in [2.05, 4.69) is 32.9 Å². The van der Waals surface area contributed by atoms with Crippen molar-refractivity contribution in [2.45, 2.75) is 32.7 Å². The van der Waals surface area contributed by atoms with Crippen LogP contribution in [0.5, 0.6) is 0 Å². The Hall–Kier alpha value is -1.37. The quantitative estimate of drug-likeness (QED) is 0.730. The minimum absolute atomic E-state index is 0.0909. The van der Waals surface area contributed by atoms with Crippen molar-refractivity contribution in [2.24, 2.45) is 7.05 Å². The van der Waals surface area contributed by atoms with Crippen molar-refractivity contribution >= 4 is 22.6 Å². The van der Waals surface area contributed by atoms with Crippen molar-refractivity contribution in [1.29, 1.82) is 0 Å². The zero-order chi connectivity index (χ0) is 15.8. The topological polar surface area (TPSA) is 44.0 Å². The minimum atomic E-state index is -0.291. The van der Waals surface area contributed by atoms with Crippen LogP contribution in [0.15, 0.2) is 40.1 Å². The second kappa shape index (κ2) is 5.79. The number of nitrogens with zero attached hydrogens (tertiary/aromatic N) is 2. The normalized spacial score (nSPS) is 11.7. The van der Waals surface area contributed by atoms with Gasteiger partial charge in [-0.1, -0.05) is 45.0 Å². The predicted molar refractivity (Wildman–Crippen MR) is 92.9 cm³/mol. The number of aromatic nitrogens is 2. The van der Waals surface area contributed by atoms with Crippen LogP contribution in [0.4, 0.5) is 0 Å². The molecule has 112 valence electrons. The maximum Gasteiger partial charge on any atom is 0.331 e. The molecule has 21 heavy (non-hydrogen) atoms. The van der Waals surface area contributed by atoms with Gasteiger partial charge in [-0.2, -0.15) is 0 Å². The van der Waals surface area contributed by atoms with E-state index in [-0.39, 0.29) is 16.7 Å². The van der Waals surface area contributed by atoms with Crippen molar-refractivity contribution in [3.63, 3.8) is 0 Å². The Balaban J connectivity index is 2.40. The number of benzene rings is 1. The Morgan fingerprint density at radius 2 is 1.67 bits per heavy atom. The van der Waals surface area contributed by atoms with E-state index in [0.717, 1.165) is 5.56 Å². The third-order valence-corrected chi connectivity index (χ3v) is 4.19. The molecule has 0 N–H and O–H groups in total. The summed E-state index contributed by atoms with van der Waals surface area (Å²) in [6, 6.07) is 8.07. The fourth-order valence-electron chi connectivity index (χ4n) is 2.12. The summed E-state index contributed by atoms with van der Waals surface area (Å²) in [4.78, 5) is 24.2. The van der Waals surface area contributed by atoms with E-state index in [4.69, 9.17) is 0 Å². The van der Waals surface area contributed by atoms with Gasteiger partial charge in [-0.25, -0.2) is 4.79 Å². The van der Waals surface area contributed by atoms with Crippen LogP contribution in [-0.2, 0) is 19.0 Å². The summed E-state index contributed by atoms with van der Waals surface area (Å²) in [6.45, 7) is 6.76. The van der Waals surface area contributed by atoms with Crippen LogP contribution in [0.1, 0.15) is 31.9 Å². The first-order chi connectivity index (χ1) is 9.70. The molecule has 2 aromatic rings. The lowest BCUT2D eigenvalue weighted by molar-refractivity contribution is 0.589. The third-order valence-electron chi connectivity index (χ3n) is 3.45. The molecule has 0 amide bonds. The maximum absolute atomic E-state index is 12.1. The first kappa shape index (κ1) is 16.0. The van der Waals surface area contributed by atoms with Crippen molar-refractivity contribution < 1.29 is 0 Å². The van der Waals surface area contributed by atoms with Gasteiger partial charge in [0.2, 0.25) is 0 Å². The van der Waals surface area contributed by atoms with Crippen molar-refractivity contribution in [1.82, 2.24) is 9.13 Å². The van der Waals surface area contributed by atoms with Gasteiger partial charge in [-0.05, 0) is 39.1 Å². The van der Waals surface area contributed by atoms with Gasteiger partial charge in [-0.3, -0.25) is 9.36 Å². The average Bonchev–Trinajstić information content (AvgIpc) is 2.41. The van der Waals surface area contributed by atoms with E-state index in [1.165, 1.54) is 14.7 Å². The molecule has 1 heterocycles. The summed E-state index contributed by atoms with van der Waals surface area (Å²) in [5.74, 6) is 0. The van der Waals surface area contributed by atoms with E-state index in [1.54, 1.807) is 13.2 Å². The molecule has 0 aliphatic carbocycles. The highest BCUT2D eigenvalue weighted by Gasteiger charge is 2.13. The number of rotatable bonds is 2. The van der Waals surface area contributed by atoms with E-state index in [0.29, 0.717) is 10.1 Å². The van der Waals surface area contributed by atoms with Gasteiger partial charge >= 0.3 is 5.69 Å². The molecule has 0 atom stereocenters. The average molecular weight is 398 g/mol. The summed E-state index contributed by atoms with van der Waals surface area (Å²) in [6.07, 6.45) is 1.56. The molecule has 0 spiro atoms. The van der Waals surface area contributed by atoms with Crippen LogP contribution < -0.4 is 11.2 Å². The molecule has 0 unspecified atom stereocenters. The van der Waals surface area contributed by atoms with Crippen LogP contribution >= 0.6 is 22.6 Å². The SMILES string of the molecule is Cn1cc(I)c(=O)n(Cc2ccc(C(C)(C)C)cc2)c1=O. The highest BCUT2D eigenvalue weighted by atomic mass is 127. The minimum Gasteiger partial charge on any atom is -0.302 e. The molecule has 2 rings (SSSR count). The molecule has 1 aromatic carbocycles. The number of aryl methyl sites for hydroxylation is 1. The molecule has 0 radical (unpaired) electrons. The zero-order valence-corrected chi connectivity index (χ0v) is 14.8. The van der Waals surface area contributed by atoms with E-state index >= 15 is 0 Å². The Labute approximate surface area is 137 Å². The highest BCUT2D eigenvalue weighted by molar-refractivity contribution is 14.1. The Morgan fingerprint density at radius 1 is 1.10 bits per heavy atom. The van der Waals surface area contributed by atoms with E-state index < -0.39 is 0 Å². The molecule has 0 aliphatic rings. The van der Waals surface area contributed by atoms with E-state index in [9.17, 15) is 9.59 Å². The third kappa shape index (κ3) is 3.45. The van der Waals surface area contributed by atoms with Crippen molar-refractivity contribution in [3.8, 4) is 0 Å². The van der Waals surface area contributed by atoms with Crippen LogP contribution in [-0.4, -0.2) is 9.13 Å². The predicted octanol–water partition coefficient (Wildman–Crippen LogP) is 2.50. The summed E-state index contributed by atoms with van der Waals surface area (Å²) < 4.78 is 3.25. The van der Waals surface area contributed by atoms with Gasteiger partial charge in [0.05, 0.1) is 10.1 Å². The summed E-state index contributed by atoms with van der Waals surface area (Å²) in [5.41, 5.74) is 1.74. The molecule has 1 aromatic heterocycles. The van der Waals surface area contributed by atoms with Gasteiger partial charge in [0.15, 0.2) is 0 Å². The number of hydrogen-bond donors (Lipinski definition) is 0. The number of hydrogen-bond acceptors (Lipinski definition) is 2. The summed E-state index contributed by atoms with van der Waals surface area (Å²) >= 11 is 1.96. The van der Waals surface area contributed by atoms with Crippen molar-refractivity contribution in [2.75, 3.05) is 0 Å². The lowest BCUT2D eigenvalue weighted by Crippen LogP contribution is -2.40. The van der Waals surface area contributed by atoms with Crippen LogP contribution in [0.3, 0.4) is 0 Å². The standard InChI is InChI=1S/C16H19IN2O2/c1-16(2,3)12-7-5-11(6-8-12)9-19-14(20)13(17)10-18(4)15(19)21/h5-8,10H,9H2,1-4H3. The molecule has 0 fully saturated rings. The smallest absolute Gasteiger partial charge is 0.302 e. The van der Waals surface area contributed by atoms with Gasteiger partial charge in [0, 0.05) is 13.2 Å². The van der Waals surface area contributed by atoms with Gasteiger partial charge in [0.25, 0.3) is 5.56 Å². The fraction of sp³-hybridized carbons (Fsp3) is 0.375. The molecule has 0 bridgehead atoms. The molecule has 5 heteroatoms. The summed E-state index contributed by atoms with van der Waals surface area (Å²) in [5, 5.41) is 0. The van der Waals surface area contributed by atoms with Gasteiger partial charge in [-0.15, -0.1) is 0 Å². The van der Waals surface area contributed by atoms with Crippen LogP contribution in [0.2, 0.25) is 0 Å². The molecular formula is C16H19IN2O2. The van der Waals surface area contributed by atoms with Crippen LogP contribution in [0.25, 0.3) is 0 Å². The van der Waals surface area contributed by atoms with Gasteiger partial charge < -0.3 is 4.57 Å². The van der Waals surface area contributed by atoms with Crippen LogP contribution in [0, 0.1) is 3.57 Å². The second-order valence-corrected chi connectivity index (χ2v) is 7.37. The van der Waals surface area contributed by atoms with E-state index in [1.807, 2.05) is 34.7 Å². The lowest BCUT2D eigenvalue weighted by atomic mass is 9.87. The Morgan fingerprint density at radius 3 is 2.19 bits per heavy atom. The largest absolute Gasteiger partial charge is 0.331 e. The summed E-state index contributed by atoms with van der Waals surface area (Å²) in [7, 11) is 1.66. The molecular weight excluding hydrogens is 379 g/mol. The van der Waals surface area contributed by atoms with Gasteiger partial charge in [0.1, 0.15) is 0 Å². The monoisotopic (exact) mass is 398 g/mol.